The number of aromatic nitrogens is 2. The molecule has 2 aromatic rings. The summed E-state index contributed by atoms with van der Waals surface area (Å²) in [7, 11) is 1.84. The van der Waals surface area contributed by atoms with Crippen LogP contribution in [0.3, 0.4) is 0 Å². The first-order valence-electron chi connectivity index (χ1n) is 5.00. The highest BCUT2D eigenvalue weighted by molar-refractivity contribution is 5.75. The topological polar surface area (TPSA) is 60.9 Å². The summed E-state index contributed by atoms with van der Waals surface area (Å²) in [5.74, 6) is 0. The first-order valence-corrected chi connectivity index (χ1v) is 5.00. The van der Waals surface area contributed by atoms with Crippen molar-refractivity contribution in [3.63, 3.8) is 0 Å². The summed E-state index contributed by atoms with van der Waals surface area (Å²) in [4.78, 5) is 7.21. The quantitative estimate of drug-likeness (QED) is 0.705. The van der Waals surface area contributed by atoms with Crippen molar-refractivity contribution in [2.45, 2.75) is 19.1 Å². The summed E-state index contributed by atoms with van der Waals surface area (Å²) in [5.41, 5.74) is 3.00. The van der Waals surface area contributed by atoms with Crippen molar-refractivity contribution in [3.8, 4) is 0 Å². The number of imidazole rings is 1. The van der Waals surface area contributed by atoms with E-state index >= 15 is 0 Å². The van der Waals surface area contributed by atoms with E-state index in [-0.39, 0.29) is 6.04 Å². The van der Waals surface area contributed by atoms with Crippen LogP contribution in [-0.2, 0) is 0 Å². The van der Waals surface area contributed by atoms with Gasteiger partial charge in [-0.2, -0.15) is 0 Å². The van der Waals surface area contributed by atoms with Crippen LogP contribution in [0.5, 0.6) is 0 Å². The van der Waals surface area contributed by atoms with Gasteiger partial charge in [0.25, 0.3) is 0 Å². The summed E-state index contributed by atoms with van der Waals surface area (Å²) in [5, 5.41) is 12.7. The Labute approximate surface area is 88.3 Å². The number of nitrogens with zero attached hydrogens (tertiary/aromatic N) is 1. The van der Waals surface area contributed by atoms with Gasteiger partial charge in [0.1, 0.15) is 0 Å². The van der Waals surface area contributed by atoms with E-state index in [0.717, 1.165) is 16.6 Å². The van der Waals surface area contributed by atoms with E-state index < -0.39 is 6.10 Å². The van der Waals surface area contributed by atoms with Crippen molar-refractivity contribution in [1.29, 1.82) is 0 Å². The average Bonchev–Trinajstić information content (AvgIpc) is 2.65. The number of likely N-dealkylation sites (N-methyl/N-ethyl adjacent to an activating group) is 1. The van der Waals surface area contributed by atoms with Gasteiger partial charge < -0.3 is 15.4 Å². The van der Waals surface area contributed by atoms with Gasteiger partial charge in [-0.3, -0.25) is 0 Å². The number of nitrogens with one attached hydrogen (secondary N) is 2. The zero-order chi connectivity index (χ0) is 10.8. The SMILES string of the molecule is CNC(c1ccc2nc[nH]c2c1)C(C)O. The number of hydrogen-bond acceptors (Lipinski definition) is 3. The average molecular weight is 205 g/mol. The van der Waals surface area contributed by atoms with E-state index in [9.17, 15) is 5.11 Å². The number of H-pyrrole nitrogens is 1. The molecule has 4 nitrogen and oxygen atoms in total. The second-order valence-corrected chi connectivity index (χ2v) is 3.69. The van der Waals surface area contributed by atoms with Crippen LogP contribution in [0.25, 0.3) is 11.0 Å². The van der Waals surface area contributed by atoms with E-state index in [2.05, 4.69) is 15.3 Å². The minimum absolute atomic E-state index is 0.0438. The zero-order valence-electron chi connectivity index (χ0n) is 8.86. The molecule has 3 N–H and O–H groups in total. The highest BCUT2D eigenvalue weighted by atomic mass is 16.3. The van der Waals surface area contributed by atoms with Crippen molar-refractivity contribution in [3.05, 3.63) is 30.1 Å². The molecule has 0 saturated heterocycles. The van der Waals surface area contributed by atoms with E-state index in [1.807, 2.05) is 25.2 Å². The van der Waals surface area contributed by atoms with Crippen LogP contribution in [0.15, 0.2) is 24.5 Å². The van der Waals surface area contributed by atoms with Crippen molar-refractivity contribution in [2.24, 2.45) is 0 Å². The van der Waals surface area contributed by atoms with Gasteiger partial charge in [0.15, 0.2) is 0 Å². The number of aliphatic hydroxyl groups excluding tert-OH is 1. The normalized spacial score (nSPS) is 15.4. The standard InChI is InChI=1S/C11H15N3O/c1-7(15)11(12-2)8-3-4-9-10(5-8)14-6-13-9/h3-7,11-12,15H,1-2H3,(H,13,14). The van der Waals surface area contributed by atoms with Crippen LogP contribution in [0.2, 0.25) is 0 Å². The van der Waals surface area contributed by atoms with Crippen LogP contribution in [-0.4, -0.2) is 28.2 Å². The molecule has 2 unspecified atom stereocenters. The first kappa shape index (κ1) is 10.1. The molecule has 15 heavy (non-hydrogen) atoms. The Morgan fingerprint density at radius 2 is 2.27 bits per heavy atom. The molecule has 2 rings (SSSR count). The van der Waals surface area contributed by atoms with Gasteiger partial charge in [0, 0.05) is 0 Å². The van der Waals surface area contributed by atoms with Crippen LogP contribution < -0.4 is 5.32 Å². The van der Waals surface area contributed by atoms with E-state index in [1.165, 1.54) is 0 Å². The maximum atomic E-state index is 9.60. The second-order valence-electron chi connectivity index (χ2n) is 3.69. The third-order valence-electron chi connectivity index (χ3n) is 2.60. The van der Waals surface area contributed by atoms with Crippen molar-refractivity contribution < 1.29 is 5.11 Å². The lowest BCUT2D eigenvalue weighted by molar-refractivity contribution is 0.150. The number of rotatable bonds is 3. The minimum Gasteiger partial charge on any atom is -0.391 e. The fourth-order valence-electron chi connectivity index (χ4n) is 1.83. The Hall–Kier alpha value is -1.39. The lowest BCUT2D eigenvalue weighted by Crippen LogP contribution is -2.26. The summed E-state index contributed by atoms with van der Waals surface area (Å²) >= 11 is 0. The van der Waals surface area contributed by atoms with Crippen molar-refractivity contribution in [1.82, 2.24) is 15.3 Å². The summed E-state index contributed by atoms with van der Waals surface area (Å²) in [6, 6.07) is 5.90. The van der Waals surface area contributed by atoms with Crippen LogP contribution in [0.1, 0.15) is 18.5 Å². The molecular formula is C11H15N3O. The van der Waals surface area contributed by atoms with Crippen LogP contribution in [0.4, 0.5) is 0 Å². The fourth-order valence-corrected chi connectivity index (χ4v) is 1.83. The van der Waals surface area contributed by atoms with E-state index in [0.29, 0.717) is 0 Å². The Morgan fingerprint density at radius 3 is 2.93 bits per heavy atom. The Morgan fingerprint density at radius 1 is 1.47 bits per heavy atom. The number of benzene rings is 1. The first-order chi connectivity index (χ1) is 7.22. The number of hydrogen-bond donors (Lipinski definition) is 3. The van der Waals surface area contributed by atoms with Gasteiger partial charge in [-0.25, -0.2) is 4.98 Å². The monoisotopic (exact) mass is 205 g/mol. The van der Waals surface area contributed by atoms with Crippen LogP contribution >= 0.6 is 0 Å². The zero-order valence-corrected chi connectivity index (χ0v) is 8.86. The smallest absolute Gasteiger partial charge is 0.0931 e. The van der Waals surface area contributed by atoms with Crippen LogP contribution in [0, 0.1) is 0 Å². The molecule has 1 aromatic heterocycles. The molecule has 1 aromatic carbocycles. The predicted molar refractivity (Wildman–Crippen MR) is 59.6 cm³/mol. The molecule has 1 heterocycles. The second kappa shape index (κ2) is 4.00. The summed E-state index contributed by atoms with van der Waals surface area (Å²) in [6.07, 6.45) is 1.25. The van der Waals surface area contributed by atoms with E-state index in [1.54, 1.807) is 13.3 Å². The molecule has 0 saturated carbocycles. The lowest BCUT2D eigenvalue weighted by Gasteiger charge is -2.19. The van der Waals surface area contributed by atoms with Gasteiger partial charge in [-0.15, -0.1) is 0 Å². The molecule has 80 valence electrons. The molecule has 2 atom stereocenters. The number of aromatic amines is 1. The molecule has 0 aliphatic rings. The predicted octanol–water partition coefficient (Wildman–Crippen LogP) is 1.20. The molecule has 0 bridgehead atoms. The Balaban J connectivity index is 2.41. The van der Waals surface area contributed by atoms with Gasteiger partial charge in [0.2, 0.25) is 0 Å². The molecule has 0 fully saturated rings. The van der Waals surface area contributed by atoms with Gasteiger partial charge >= 0.3 is 0 Å². The maximum Gasteiger partial charge on any atom is 0.0931 e. The molecule has 0 aliphatic carbocycles. The van der Waals surface area contributed by atoms with Crippen molar-refractivity contribution >= 4 is 11.0 Å². The minimum atomic E-state index is -0.421. The maximum absolute atomic E-state index is 9.60. The summed E-state index contributed by atoms with van der Waals surface area (Å²) < 4.78 is 0. The molecule has 4 heteroatoms. The Bertz CT molecular complexity index is 450. The molecule has 0 aliphatic heterocycles. The highest BCUT2D eigenvalue weighted by Crippen LogP contribution is 2.20. The fraction of sp³-hybridized carbons (Fsp3) is 0.364. The number of fused-ring (bicyclic) bond motifs is 1. The molecule has 0 spiro atoms. The number of aliphatic hydroxyl groups is 1. The van der Waals surface area contributed by atoms with E-state index in [4.69, 9.17) is 0 Å². The molecular weight excluding hydrogens is 190 g/mol. The lowest BCUT2D eigenvalue weighted by atomic mass is 10.0. The third kappa shape index (κ3) is 1.86. The van der Waals surface area contributed by atoms with Gasteiger partial charge in [0.05, 0.1) is 29.5 Å². The van der Waals surface area contributed by atoms with Gasteiger partial charge in [-0.05, 0) is 31.7 Å². The molecule has 0 amide bonds. The third-order valence-corrected chi connectivity index (χ3v) is 2.60. The Kier molecular flexibility index (Phi) is 2.70. The van der Waals surface area contributed by atoms with Gasteiger partial charge in [-0.1, -0.05) is 6.07 Å². The summed E-state index contributed by atoms with van der Waals surface area (Å²) in [6.45, 7) is 1.78. The largest absolute Gasteiger partial charge is 0.391 e. The highest BCUT2D eigenvalue weighted by Gasteiger charge is 2.15. The van der Waals surface area contributed by atoms with Crippen molar-refractivity contribution in [2.75, 3.05) is 7.05 Å². The molecule has 0 radical (unpaired) electrons.